The van der Waals surface area contributed by atoms with Crippen molar-refractivity contribution < 1.29 is 24.3 Å². The minimum atomic E-state index is -3.31. The molecule has 10 heteroatoms. The highest BCUT2D eigenvalue weighted by atomic mass is 32.1. The molecular weight excluding hydrogens is 924 g/mol. The van der Waals surface area contributed by atoms with Gasteiger partial charge in [0.05, 0.1) is 41.0 Å². The molecule has 2 aromatic heterocycles. The van der Waals surface area contributed by atoms with Gasteiger partial charge in [0.1, 0.15) is 27.4 Å². The van der Waals surface area contributed by atoms with Crippen LogP contribution in [0, 0.1) is 0 Å². The van der Waals surface area contributed by atoms with Gasteiger partial charge >= 0.3 is 5.97 Å². The number of methoxy groups -OCH3 is 2. The van der Waals surface area contributed by atoms with Crippen LogP contribution < -0.4 is 35.2 Å². The summed E-state index contributed by atoms with van der Waals surface area (Å²) in [4.78, 5) is 34.8. The zero-order valence-corrected chi connectivity index (χ0v) is 40.7. The van der Waals surface area contributed by atoms with E-state index in [4.69, 9.17) is 9.47 Å². The van der Waals surface area contributed by atoms with Gasteiger partial charge in [-0.25, -0.2) is 9.69 Å². The molecule has 2 N–H and O–H groups in total. The Kier molecular flexibility index (Phi) is 12.1. The summed E-state index contributed by atoms with van der Waals surface area (Å²) < 4.78 is 12.2. The van der Waals surface area contributed by atoms with Crippen molar-refractivity contribution >= 4 is 86.2 Å². The molecule has 0 spiro atoms. The van der Waals surface area contributed by atoms with E-state index in [9.17, 15) is 14.8 Å². The molecule has 0 fully saturated rings. The predicted octanol–water partition coefficient (Wildman–Crippen LogP) is 14.5. The second kappa shape index (κ2) is 19.0. The Morgan fingerprint density at radius 3 is 1.13 bits per heavy atom. The van der Waals surface area contributed by atoms with Crippen LogP contribution in [-0.4, -0.2) is 30.2 Å². The van der Waals surface area contributed by atoms with Gasteiger partial charge in [0, 0.05) is 56.0 Å². The van der Waals surface area contributed by atoms with Gasteiger partial charge in [0.2, 0.25) is 7.49 Å². The predicted molar refractivity (Wildman–Crippen MR) is 291 cm³/mol. The lowest BCUT2D eigenvalue weighted by Gasteiger charge is -2.30. The van der Waals surface area contributed by atoms with E-state index >= 15 is 0 Å². The van der Waals surface area contributed by atoms with E-state index < -0.39 is 19.4 Å². The van der Waals surface area contributed by atoms with E-state index in [-0.39, 0.29) is 5.56 Å². The van der Waals surface area contributed by atoms with E-state index in [2.05, 4.69) is 119 Å². The Balaban J connectivity index is 1.08. The number of aromatic carboxylic acids is 1. The first-order valence-electron chi connectivity index (χ1n) is 22.8. The van der Waals surface area contributed by atoms with Gasteiger partial charge in [-0.05, 0) is 108 Å². The first kappa shape index (κ1) is 44.7. The van der Waals surface area contributed by atoms with Crippen LogP contribution in [0.4, 0.5) is 34.1 Å². The van der Waals surface area contributed by atoms with Crippen LogP contribution in [-0.2, 0) is 0 Å². The molecule has 10 aromatic rings. The molecule has 0 saturated carbocycles. The number of carbonyl (C=O) groups is 1. The van der Waals surface area contributed by atoms with E-state index in [1.807, 2.05) is 103 Å². The fourth-order valence-electron chi connectivity index (χ4n) is 9.53. The number of anilines is 6. The first-order valence-corrected chi connectivity index (χ1v) is 26.2. The Bertz CT molecular complexity index is 3170. The Morgan fingerprint density at radius 1 is 0.471 bits per heavy atom. The van der Waals surface area contributed by atoms with E-state index in [0.717, 1.165) is 80.7 Å². The van der Waals surface area contributed by atoms with E-state index in [1.165, 1.54) is 0 Å². The zero-order valence-electron chi connectivity index (χ0n) is 38.2. The molecule has 1 aliphatic rings. The minimum absolute atomic E-state index is 0.0565. The monoisotopic (exact) mass is 969 g/mol. The Labute approximate surface area is 415 Å². The van der Waals surface area contributed by atoms with Gasteiger partial charge in [0.15, 0.2) is 0 Å². The van der Waals surface area contributed by atoms with E-state index in [1.54, 1.807) is 49.0 Å². The van der Waals surface area contributed by atoms with Gasteiger partial charge in [0.25, 0.3) is 0 Å². The fraction of sp³-hybridized carbons (Fsp3) is 0.0500. The maximum Gasteiger partial charge on any atom is 0.335 e. The summed E-state index contributed by atoms with van der Waals surface area (Å²) in [5, 5.41) is 12.8. The number of hydrogen-bond acceptors (Lipinski definition) is 8. The zero-order chi connectivity index (χ0) is 47.8. The number of fused-ring (bicyclic) bond motifs is 2. The summed E-state index contributed by atoms with van der Waals surface area (Å²) in [5.74, 6) is -0.775. The smallest absolute Gasteiger partial charge is 0.335 e. The second-order valence-electron chi connectivity index (χ2n) is 16.8. The highest BCUT2D eigenvalue weighted by Gasteiger charge is 2.56. The number of thiophene rings is 2. The van der Waals surface area contributed by atoms with Crippen LogP contribution in [0.3, 0.4) is 0 Å². The maximum atomic E-state index is 13.9. The van der Waals surface area contributed by atoms with Crippen molar-refractivity contribution in [2.75, 3.05) is 24.0 Å². The fourth-order valence-corrected chi connectivity index (χ4v) is 16.2. The molecule has 0 amide bonds. The average molecular weight is 970 g/mol. The lowest BCUT2D eigenvalue weighted by atomic mass is 9.92. The molecule has 1 aliphatic heterocycles. The molecular formula is C60H46N2O5PS2+. The second-order valence-corrected chi connectivity index (χ2v) is 21.7. The highest BCUT2D eigenvalue weighted by Crippen LogP contribution is 2.64. The molecule has 70 heavy (non-hydrogen) atoms. The van der Waals surface area contributed by atoms with Gasteiger partial charge < -0.3 is 24.4 Å². The van der Waals surface area contributed by atoms with Gasteiger partial charge in [-0.15, -0.1) is 22.7 Å². The van der Waals surface area contributed by atoms with Crippen molar-refractivity contribution in [1.29, 1.82) is 0 Å². The summed E-state index contributed by atoms with van der Waals surface area (Å²) in [6.07, 6.45) is 0. The molecule has 8 aromatic carbocycles. The molecule has 0 saturated heterocycles. The van der Waals surface area contributed by atoms with Crippen molar-refractivity contribution in [2.24, 2.45) is 0 Å². The molecule has 0 bridgehead atoms. The minimum Gasteiger partial charge on any atom is -0.496 e. The molecule has 0 radical (unpaired) electrons. The van der Waals surface area contributed by atoms with Crippen LogP contribution in [0.2, 0.25) is 0 Å². The number of ether oxygens (including phenoxy) is 2. The number of nitrogens with zero attached hydrogens (tertiary/aromatic N) is 2. The van der Waals surface area contributed by atoms with E-state index in [0.29, 0.717) is 17.1 Å². The van der Waals surface area contributed by atoms with Gasteiger partial charge in [-0.1, -0.05) is 115 Å². The summed E-state index contributed by atoms with van der Waals surface area (Å²) in [7, 11) is -0.182. The van der Waals surface area contributed by atoms with Crippen LogP contribution in [0.5, 0.6) is 11.5 Å². The van der Waals surface area contributed by atoms with Crippen molar-refractivity contribution in [3.8, 4) is 32.4 Å². The summed E-state index contributed by atoms with van der Waals surface area (Å²) >= 11 is 3.28. The number of carboxylic acids is 1. The highest BCUT2D eigenvalue weighted by molar-refractivity contribution is 7.91. The molecule has 0 aliphatic carbocycles. The largest absolute Gasteiger partial charge is 0.496 e. The van der Waals surface area contributed by atoms with Crippen molar-refractivity contribution in [1.82, 2.24) is 0 Å². The van der Waals surface area contributed by atoms with Crippen LogP contribution in [0.15, 0.2) is 224 Å². The lowest BCUT2D eigenvalue weighted by Crippen LogP contribution is -2.37. The average Bonchev–Trinajstić information content (AvgIpc) is 4.08. The number of benzene rings is 8. The number of carboxylic acid groups (broad SMARTS) is 1. The molecule has 342 valence electrons. The lowest BCUT2D eigenvalue weighted by molar-refractivity contribution is 0.0696. The third kappa shape index (κ3) is 8.03. The number of hydrogen-bond donors (Lipinski definition) is 2. The molecule has 3 heterocycles. The number of rotatable bonds is 13. The van der Waals surface area contributed by atoms with Crippen molar-refractivity contribution in [2.45, 2.75) is 5.92 Å². The molecule has 7 nitrogen and oxygen atoms in total. The SMILES string of the molecule is COc1cc(C(=O)O)cc(OC)c1C1c2sc(-c3ccc(N(c4ccccc4)c4ccccc4)cc3)cc2[P+](O)(c2ccccc2)c2cc(-c3ccc(N(c4ccccc4)c4ccccc4)cc3)sc21. The van der Waals surface area contributed by atoms with Crippen LogP contribution in [0.1, 0.15) is 31.6 Å². The van der Waals surface area contributed by atoms with Crippen molar-refractivity contribution in [3.63, 3.8) is 0 Å². The molecule has 0 unspecified atom stereocenters. The first-order chi connectivity index (χ1) is 34.3. The van der Waals surface area contributed by atoms with Crippen LogP contribution >= 0.6 is 30.2 Å². The Hall–Kier alpha value is -7.78. The maximum absolute atomic E-state index is 13.9. The third-order valence-corrected chi connectivity index (χ3v) is 18.8. The molecule has 11 rings (SSSR count). The summed E-state index contributed by atoms with van der Waals surface area (Å²) in [5.41, 5.74) is 8.99. The summed E-state index contributed by atoms with van der Waals surface area (Å²) in [6.45, 7) is 0. The molecule has 0 atom stereocenters. The topological polar surface area (TPSA) is 82.5 Å². The van der Waals surface area contributed by atoms with Crippen molar-refractivity contribution in [3.05, 3.63) is 245 Å². The quantitative estimate of drug-likeness (QED) is 0.111. The standard InChI is InChI=1S/C60H45N2O5PS2/c1-66-50-36-42(60(63)64)37-51(67-2)56(50)57-58-52(38-54(69-58)40-28-32-47(33-29-40)61(43-18-8-3-9-19-43)44-20-10-4-11-21-44)68(65,49-26-16-7-17-27-49)53-39-55(70-59(53)57)41-30-34-48(35-31-41)62(45-22-12-5-13-23-45)46-24-14-6-15-25-46/h3-39,57,65H,1-2H3/p+1. The third-order valence-electron chi connectivity index (χ3n) is 12.8. The van der Waals surface area contributed by atoms with Gasteiger partial charge in [-0.2, -0.15) is 0 Å². The normalized spacial score (nSPS) is 14.8. The summed E-state index contributed by atoms with van der Waals surface area (Å²) in [6, 6.07) is 76.1. The van der Waals surface area contributed by atoms with Crippen LogP contribution in [0.25, 0.3) is 20.9 Å². The number of para-hydroxylation sites is 4. The Morgan fingerprint density at radius 2 is 0.800 bits per heavy atom. The van der Waals surface area contributed by atoms with Gasteiger partial charge in [-0.3, -0.25) is 0 Å².